The van der Waals surface area contributed by atoms with Gasteiger partial charge in [-0.25, -0.2) is 0 Å². The van der Waals surface area contributed by atoms with E-state index in [1.807, 2.05) is 30.3 Å². The maximum atomic E-state index is 12.0. The summed E-state index contributed by atoms with van der Waals surface area (Å²) in [5, 5.41) is 9.37. The minimum absolute atomic E-state index is 0.109. The molecule has 2 atom stereocenters. The number of amides is 1. The van der Waals surface area contributed by atoms with Crippen LogP contribution in [0.4, 0.5) is 0 Å². The molecular weight excluding hydrogens is 204 g/mol. The number of nitrogens with two attached hydrogens (primary N) is 1. The topological polar surface area (TPSA) is 66.6 Å². The Morgan fingerprint density at radius 3 is 2.69 bits per heavy atom. The number of nitrogens with zero attached hydrogens (tertiary/aromatic N) is 1. The van der Waals surface area contributed by atoms with E-state index in [2.05, 4.69) is 0 Å². The summed E-state index contributed by atoms with van der Waals surface area (Å²) >= 11 is 0. The Balaban J connectivity index is 2.05. The van der Waals surface area contributed by atoms with Crippen LogP contribution < -0.4 is 5.73 Å². The molecule has 1 aromatic carbocycles. The molecule has 0 aromatic heterocycles. The summed E-state index contributed by atoms with van der Waals surface area (Å²) in [6.07, 6.45) is 0.250. The highest BCUT2D eigenvalue weighted by Gasteiger charge is 2.28. The first kappa shape index (κ1) is 11.1. The van der Waals surface area contributed by atoms with E-state index < -0.39 is 12.1 Å². The minimum atomic E-state index is -0.619. The van der Waals surface area contributed by atoms with Crippen molar-refractivity contribution in [1.29, 1.82) is 0 Å². The molecule has 1 aliphatic rings. The predicted octanol–water partition coefficient (Wildman–Crippen LogP) is 0.280. The van der Waals surface area contributed by atoms with Gasteiger partial charge in [0.05, 0.1) is 6.10 Å². The average molecular weight is 220 g/mol. The summed E-state index contributed by atoms with van der Waals surface area (Å²) in [4.78, 5) is 13.6. The van der Waals surface area contributed by atoms with Crippen molar-refractivity contribution in [2.75, 3.05) is 13.1 Å². The number of carbonyl (C=O) groups is 1. The molecule has 1 amide bonds. The van der Waals surface area contributed by atoms with Gasteiger partial charge in [0, 0.05) is 13.1 Å². The number of rotatable bonds is 2. The number of benzene rings is 1. The standard InChI is InChI=1S/C12H16N2O2/c13-11(9-4-2-1-3-5-9)12(16)14-7-6-10(15)8-14/h1-5,10-11,15H,6-8,13H2/t10-,11+/m0/s1. The fourth-order valence-electron chi connectivity index (χ4n) is 1.94. The smallest absolute Gasteiger partial charge is 0.244 e. The fraction of sp³-hybridized carbons (Fsp3) is 0.417. The zero-order valence-electron chi connectivity index (χ0n) is 9.04. The first-order chi connectivity index (χ1) is 7.68. The van der Waals surface area contributed by atoms with Gasteiger partial charge in [0.1, 0.15) is 6.04 Å². The van der Waals surface area contributed by atoms with Crippen LogP contribution in [0.3, 0.4) is 0 Å². The minimum Gasteiger partial charge on any atom is -0.391 e. The van der Waals surface area contributed by atoms with Crippen LogP contribution in [-0.4, -0.2) is 35.1 Å². The van der Waals surface area contributed by atoms with Crippen LogP contribution in [0.1, 0.15) is 18.0 Å². The third-order valence-corrected chi connectivity index (χ3v) is 2.90. The molecule has 0 aliphatic carbocycles. The van der Waals surface area contributed by atoms with Crippen molar-refractivity contribution in [3.05, 3.63) is 35.9 Å². The van der Waals surface area contributed by atoms with Crippen LogP contribution in [0, 0.1) is 0 Å². The number of aliphatic hydroxyl groups excluding tert-OH is 1. The van der Waals surface area contributed by atoms with E-state index in [-0.39, 0.29) is 5.91 Å². The number of aliphatic hydroxyl groups is 1. The molecule has 1 aliphatic heterocycles. The van der Waals surface area contributed by atoms with Crippen molar-refractivity contribution in [3.63, 3.8) is 0 Å². The maximum absolute atomic E-state index is 12.0. The van der Waals surface area contributed by atoms with Gasteiger partial charge >= 0.3 is 0 Å². The monoisotopic (exact) mass is 220 g/mol. The normalized spacial score (nSPS) is 22.1. The van der Waals surface area contributed by atoms with E-state index in [9.17, 15) is 9.90 Å². The molecular formula is C12H16N2O2. The number of β-amino-alcohol motifs (C(OH)–C–C–N with tert-alkyl or cyclic N) is 1. The Kier molecular flexibility index (Phi) is 3.22. The van der Waals surface area contributed by atoms with Crippen molar-refractivity contribution in [3.8, 4) is 0 Å². The van der Waals surface area contributed by atoms with E-state index in [0.29, 0.717) is 19.5 Å². The molecule has 1 aromatic rings. The highest BCUT2D eigenvalue weighted by atomic mass is 16.3. The van der Waals surface area contributed by atoms with Gasteiger partial charge in [-0.3, -0.25) is 4.79 Å². The Labute approximate surface area is 94.7 Å². The maximum Gasteiger partial charge on any atom is 0.244 e. The van der Waals surface area contributed by atoms with Crippen LogP contribution in [0.15, 0.2) is 30.3 Å². The van der Waals surface area contributed by atoms with Crippen LogP contribution in [-0.2, 0) is 4.79 Å². The molecule has 16 heavy (non-hydrogen) atoms. The molecule has 86 valence electrons. The number of carbonyl (C=O) groups excluding carboxylic acids is 1. The summed E-state index contributed by atoms with van der Waals surface area (Å²) in [6, 6.07) is 8.68. The van der Waals surface area contributed by atoms with Gasteiger partial charge in [-0.15, -0.1) is 0 Å². The Morgan fingerprint density at radius 2 is 2.12 bits per heavy atom. The van der Waals surface area contributed by atoms with Crippen molar-refractivity contribution >= 4 is 5.91 Å². The molecule has 4 heteroatoms. The van der Waals surface area contributed by atoms with Crippen LogP contribution in [0.5, 0.6) is 0 Å². The van der Waals surface area contributed by atoms with Gasteiger partial charge in [0.2, 0.25) is 5.91 Å². The predicted molar refractivity (Wildman–Crippen MR) is 60.6 cm³/mol. The van der Waals surface area contributed by atoms with E-state index >= 15 is 0 Å². The third-order valence-electron chi connectivity index (χ3n) is 2.90. The SMILES string of the molecule is N[C@@H](C(=O)N1CC[C@H](O)C1)c1ccccc1. The van der Waals surface area contributed by atoms with Gasteiger partial charge in [-0.2, -0.15) is 0 Å². The van der Waals surface area contributed by atoms with Crippen molar-refractivity contribution in [2.45, 2.75) is 18.6 Å². The number of hydrogen-bond acceptors (Lipinski definition) is 3. The van der Waals surface area contributed by atoms with Crippen molar-refractivity contribution in [2.24, 2.45) is 5.73 Å². The molecule has 3 N–H and O–H groups in total. The molecule has 0 radical (unpaired) electrons. The highest BCUT2D eigenvalue weighted by Crippen LogP contribution is 2.17. The van der Waals surface area contributed by atoms with Gasteiger partial charge in [0.25, 0.3) is 0 Å². The molecule has 0 saturated carbocycles. The lowest BCUT2D eigenvalue weighted by Crippen LogP contribution is -2.37. The van der Waals surface area contributed by atoms with E-state index in [1.54, 1.807) is 4.90 Å². The van der Waals surface area contributed by atoms with Gasteiger partial charge in [-0.1, -0.05) is 30.3 Å². The quantitative estimate of drug-likeness (QED) is 0.752. The second-order valence-corrected chi connectivity index (χ2v) is 4.12. The third kappa shape index (κ3) is 2.23. The number of likely N-dealkylation sites (tertiary alicyclic amines) is 1. The summed E-state index contributed by atoms with van der Waals surface area (Å²) < 4.78 is 0. The van der Waals surface area contributed by atoms with E-state index in [1.165, 1.54) is 0 Å². The molecule has 1 heterocycles. The molecule has 0 bridgehead atoms. The molecule has 1 fully saturated rings. The largest absolute Gasteiger partial charge is 0.391 e. The van der Waals surface area contributed by atoms with Gasteiger partial charge < -0.3 is 15.7 Å². The van der Waals surface area contributed by atoms with Crippen molar-refractivity contribution < 1.29 is 9.90 Å². The van der Waals surface area contributed by atoms with E-state index in [4.69, 9.17) is 5.73 Å². The summed E-state index contributed by atoms with van der Waals surface area (Å²) in [5.41, 5.74) is 6.70. The average Bonchev–Trinajstić information content (AvgIpc) is 2.75. The molecule has 1 saturated heterocycles. The molecule has 0 spiro atoms. The summed E-state index contributed by atoms with van der Waals surface area (Å²) in [5.74, 6) is -0.109. The molecule has 4 nitrogen and oxygen atoms in total. The first-order valence-corrected chi connectivity index (χ1v) is 5.46. The molecule has 0 unspecified atom stereocenters. The van der Waals surface area contributed by atoms with Crippen LogP contribution in [0.25, 0.3) is 0 Å². The zero-order valence-corrected chi connectivity index (χ0v) is 9.04. The first-order valence-electron chi connectivity index (χ1n) is 5.46. The second-order valence-electron chi connectivity index (χ2n) is 4.12. The lowest BCUT2D eigenvalue weighted by molar-refractivity contribution is -0.132. The van der Waals surface area contributed by atoms with Gasteiger partial charge in [0.15, 0.2) is 0 Å². The fourth-order valence-corrected chi connectivity index (χ4v) is 1.94. The van der Waals surface area contributed by atoms with Crippen LogP contribution in [0.2, 0.25) is 0 Å². The van der Waals surface area contributed by atoms with Gasteiger partial charge in [-0.05, 0) is 12.0 Å². The Bertz CT molecular complexity index is 367. The Morgan fingerprint density at radius 1 is 1.44 bits per heavy atom. The lowest BCUT2D eigenvalue weighted by atomic mass is 10.1. The van der Waals surface area contributed by atoms with E-state index in [0.717, 1.165) is 5.56 Å². The summed E-state index contributed by atoms with van der Waals surface area (Å²) in [6.45, 7) is 1.000. The number of hydrogen-bond donors (Lipinski definition) is 2. The molecule has 2 rings (SSSR count). The lowest BCUT2D eigenvalue weighted by Gasteiger charge is -2.20. The zero-order chi connectivity index (χ0) is 11.5. The summed E-state index contributed by atoms with van der Waals surface area (Å²) in [7, 11) is 0. The highest BCUT2D eigenvalue weighted by molar-refractivity contribution is 5.83. The Hall–Kier alpha value is -1.39. The van der Waals surface area contributed by atoms with Crippen LogP contribution >= 0.6 is 0 Å². The second kappa shape index (κ2) is 4.63. The van der Waals surface area contributed by atoms with Crippen molar-refractivity contribution in [1.82, 2.24) is 4.90 Å².